The number of hydrogen-bond acceptors (Lipinski definition) is 3. The summed E-state index contributed by atoms with van der Waals surface area (Å²) in [5.74, 6) is -82.9. The average Bonchev–Trinajstić information content (AvgIpc) is 2.95. The Bertz CT molecular complexity index is 1670. The van der Waals surface area contributed by atoms with Crippen molar-refractivity contribution in [2.24, 2.45) is 0 Å². The van der Waals surface area contributed by atoms with Crippen molar-refractivity contribution in [3.8, 4) is 5.75 Å². The van der Waals surface area contributed by atoms with Crippen molar-refractivity contribution in [1.82, 2.24) is 0 Å². The molecule has 1 rings (SSSR count). The zero-order chi connectivity index (χ0) is 42.6. The van der Waals surface area contributed by atoms with Gasteiger partial charge in [-0.1, -0.05) is 0 Å². The van der Waals surface area contributed by atoms with E-state index in [1.54, 1.807) is 0 Å². The molecule has 0 spiro atoms. The van der Waals surface area contributed by atoms with Crippen LogP contribution < -0.4 is 34.3 Å². The monoisotopic (exact) mass is 880 g/mol. The molecular formula is C19HF28NaO4S. The largest absolute Gasteiger partial charge is 1.00 e. The van der Waals surface area contributed by atoms with Gasteiger partial charge in [0, 0.05) is 5.83 Å². The molecule has 0 unspecified atom stereocenters. The van der Waals surface area contributed by atoms with Gasteiger partial charge in [0.05, 0.1) is 0 Å². The second-order valence-electron chi connectivity index (χ2n) is 8.50. The van der Waals surface area contributed by atoms with Crippen LogP contribution in [-0.4, -0.2) is 66.8 Å². The van der Waals surface area contributed by atoms with Gasteiger partial charge >= 0.3 is 99.5 Å². The Morgan fingerprint density at radius 3 is 1.17 bits per heavy atom. The minimum Gasteiger partial charge on any atom is -0.455 e. The number of benzene rings is 1. The molecule has 1 aromatic rings. The molecule has 0 atom stereocenters. The van der Waals surface area contributed by atoms with Crippen LogP contribution in [0.5, 0.6) is 5.75 Å². The third kappa shape index (κ3) is 8.80. The number of allylic oxidation sites excluding steroid dienone is 2. The predicted molar refractivity (Wildman–Crippen MR) is 102 cm³/mol. The quantitative estimate of drug-likeness (QED) is 0.0518. The first-order chi connectivity index (χ1) is 22.4. The Labute approximate surface area is 292 Å². The van der Waals surface area contributed by atoms with E-state index < -0.39 is 122 Å². The molecular weight excluding hydrogens is 879 g/mol. The van der Waals surface area contributed by atoms with Crippen LogP contribution in [-0.2, 0) is 10.1 Å². The molecule has 0 aliphatic heterocycles. The fourth-order valence-electron chi connectivity index (χ4n) is 2.46. The first-order valence-electron chi connectivity index (χ1n) is 10.7. The first kappa shape index (κ1) is 52.6. The molecule has 0 heterocycles. The molecule has 0 radical (unpaired) electrons. The summed E-state index contributed by atoms with van der Waals surface area (Å²) in [6.07, 6.45) is -14.5. The van der Waals surface area contributed by atoms with Crippen LogP contribution >= 0.6 is 0 Å². The Morgan fingerprint density at radius 1 is 0.528 bits per heavy atom. The van der Waals surface area contributed by atoms with Crippen LogP contribution in [0.15, 0.2) is 22.6 Å². The van der Waals surface area contributed by atoms with E-state index in [0.29, 0.717) is 0 Å². The van der Waals surface area contributed by atoms with E-state index in [1.807, 2.05) is 0 Å². The smallest absolute Gasteiger partial charge is 0.455 e. The molecule has 0 aliphatic rings. The number of rotatable bonds is 10. The fraction of sp³-hybridized carbons (Fsp3) is 0.474. The Hall–Kier alpha value is -2.55. The molecule has 53 heavy (non-hydrogen) atoms. The summed E-state index contributed by atoms with van der Waals surface area (Å²) in [5.41, 5.74) is 0. The molecule has 0 aliphatic carbocycles. The third-order valence-electron chi connectivity index (χ3n) is 5.12. The van der Waals surface area contributed by atoms with Crippen LogP contribution in [0.1, 0.15) is 0 Å². The third-order valence-corrected chi connectivity index (χ3v) is 6.00. The summed E-state index contributed by atoms with van der Waals surface area (Å²) in [6.45, 7) is 0. The van der Waals surface area contributed by atoms with Crippen molar-refractivity contribution in [3.05, 3.63) is 47.3 Å². The van der Waals surface area contributed by atoms with Crippen LogP contribution in [0.25, 0.3) is 0 Å². The fourth-order valence-corrected chi connectivity index (χ4v) is 3.14. The minimum absolute atomic E-state index is 0. The molecule has 0 saturated heterocycles. The molecule has 0 aromatic heterocycles. The summed E-state index contributed by atoms with van der Waals surface area (Å²) in [4.78, 5) is -3.20. The van der Waals surface area contributed by atoms with Gasteiger partial charge in [-0.25, -0.2) is 17.6 Å². The zero-order valence-electron chi connectivity index (χ0n) is 23.2. The van der Waals surface area contributed by atoms with E-state index in [9.17, 15) is 131 Å². The molecule has 1 N–H and O–H groups in total. The zero-order valence-corrected chi connectivity index (χ0v) is 26.0. The van der Waals surface area contributed by atoms with E-state index in [-0.39, 0.29) is 29.6 Å². The summed E-state index contributed by atoms with van der Waals surface area (Å²) in [5, 5.41) is 0. The number of ether oxygens (including phenoxy) is 1. The molecule has 4 nitrogen and oxygen atoms in total. The van der Waals surface area contributed by atoms with Crippen molar-refractivity contribution in [2.45, 2.75) is 58.7 Å². The van der Waals surface area contributed by atoms with Gasteiger partial charge in [-0.05, 0) is 0 Å². The number of alkyl halides is 20. The first-order valence-corrected chi connectivity index (χ1v) is 12.1. The summed E-state index contributed by atoms with van der Waals surface area (Å²) in [6, 6.07) is -4.53. The van der Waals surface area contributed by atoms with Crippen molar-refractivity contribution in [1.29, 1.82) is 0 Å². The standard InChI is InChI=1S/C15HF21O4S.C4F7.Na/c16-1-2(17)4(19)6(41(37,38)39)5(3(1)18)40-8(21)7(20)9(22,23)10(24,25)11(26,27)12(28,29)13(30,31)14(32,33)15(34,35)36;5-1-2(6)3(7,8)4(9,10)11;/h(H,37,38,39);;/q;-1;+1. The van der Waals surface area contributed by atoms with Gasteiger partial charge in [-0.15, -0.1) is 0 Å². The maximum atomic E-state index is 13.7. The Morgan fingerprint density at radius 2 is 0.868 bits per heavy atom. The van der Waals surface area contributed by atoms with Crippen molar-refractivity contribution in [2.75, 3.05) is 0 Å². The van der Waals surface area contributed by atoms with Crippen LogP contribution in [0.4, 0.5) is 123 Å². The van der Waals surface area contributed by atoms with Gasteiger partial charge in [-0.2, -0.15) is 109 Å². The maximum Gasteiger partial charge on any atom is 1.00 e. The Balaban J connectivity index is 0. The molecule has 304 valence electrons. The minimum atomic E-state index is -8.95. The molecule has 0 bridgehead atoms. The van der Waals surface area contributed by atoms with Gasteiger partial charge in [0.1, 0.15) is 0 Å². The summed E-state index contributed by atoms with van der Waals surface area (Å²) in [7, 11) is -6.61. The van der Waals surface area contributed by atoms with Crippen molar-refractivity contribution in [3.63, 3.8) is 0 Å². The normalized spacial score (nSPS) is 15.3. The SMILES string of the molecule is F[C-]=C(F)C(F)(F)C(F)(F)F.O=S(=O)(O)c1c(F)c(F)c(F)c(F)c1OC(F)=C(F)C(F)(F)C(F)(F)C(F)(F)C(F)(F)C(F)(F)C(F)(F)C(F)(F)F.[Na+]. The molecule has 34 heteroatoms. The maximum absolute atomic E-state index is 13.7. The molecule has 0 amide bonds. The van der Waals surface area contributed by atoms with Gasteiger partial charge in [-0.3, -0.25) is 10.9 Å². The average molecular weight is 880 g/mol. The number of hydrogen-bond donors (Lipinski definition) is 1. The second kappa shape index (κ2) is 15.5. The van der Waals surface area contributed by atoms with E-state index in [2.05, 4.69) is 4.74 Å². The number of halogens is 28. The van der Waals surface area contributed by atoms with E-state index in [4.69, 9.17) is 4.55 Å². The van der Waals surface area contributed by atoms with Crippen LogP contribution in [0.2, 0.25) is 0 Å². The van der Waals surface area contributed by atoms with Crippen LogP contribution in [0.3, 0.4) is 0 Å². The summed E-state index contributed by atoms with van der Waals surface area (Å²) >= 11 is 0. The van der Waals surface area contributed by atoms with Gasteiger partial charge in [0.15, 0.2) is 22.3 Å². The van der Waals surface area contributed by atoms with Gasteiger partial charge in [0.2, 0.25) is 17.5 Å². The van der Waals surface area contributed by atoms with Crippen LogP contribution in [0, 0.1) is 29.6 Å². The van der Waals surface area contributed by atoms with E-state index in [0.717, 1.165) is 0 Å². The van der Waals surface area contributed by atoms with Gasteiger partial charge in [0.25, 0.3) is 0 Å². The van der Waals surface area contributed by atoms with E-state index in [1.165, 1.54) is 0 Å². The van der Waals surface area contributed by atoms with Crippen molar-refractivity contribution >= 4 is 10.1 Å². The molecule has 1 aromatic carbocycles. The van der Waals surface area contributed by atoms with E-state index >= 15 is 0 Å². The second-order valence-corrected chi connectivity index (χ2v) is 9.86. The predicted octanol–water partition coefficient (Wildman–Crippen LogP) is 7.12. The topological polar surface area (TPSA) is 63.6 Å². The molecule has 0 saturated carbocycles. The van der Waals surface area contributed by atoms with Crippen molar-refractivity contribution < 1.29 is 170 Å². The Kier molecular flexibility index (Phi) is 15.4. The summed E-state index contributed by atoms with van der Waals surface area (Å²) < 4.78 is 389. The van der Waals surface area contributed by atoms with Gasteiger partial charge < -0.3 is 9.13 Å². The molecule has 0 fully saturated rings.